The van der Waals surface area contributed by atoms with Crippen LogP contribution in [0.5, 0.6) is 5.75 Å². The Labute approximate surface area is 157 Å². The maximum Gasteiger partial charge on any atom is 0.408 e. The van der Waals surface area contributed by atoms with Crippen molar-refractivity contribution in [2.45, 2.75) is 38.8 Å². The topological polar surface area (TPSA) is 47.6 Å². The Morgan fingerprint density at radius 3 is 2.48 bits per heavy atom. The molecule has 0 aliphatic carbocycles. The van der Waals surface area contributed by atoms with E-state index in [1.807, 2.05) is 75.4 Å². The number of carbonyl (C=O) groups excluding carboxylic acids is 1. The van der Waals surface area contributed by atoms with Gasteiger partial charge in [0.15, 0.2) is 0 Å². The largest absolute Gasteiger partial charge is 0.491 e. The molecular weight excluding hydrogens is 382 g/mol. The second-order valence-electron chi connectivity index (χ2n) is 6.80. The van der Waals surface area contributed by atoms with Crippen molar-refractivity contribution in [1.82, 2.24) is 5.32 Å². The van der Waals surface area contributed by atoms with E-state index in [2.05, 4.69) is 21.2 Å². The maximum absolute atomic E-state index is 12.1. The third kappa shape index (κ3) is 7.61. The van der Waals surface area contributed by atoms with Gasteiger partial charge in [0, 0.05) is 4.47 Å². The van der Waals surface area contributed by atoms with Gasteiger partial charge in [0.25, 0.3) is 0 Å². The van der Waals surface area contributed by atoms with Crippen LogP contribution in [0.25, 0.3) is 0 Å². The van der Waals surface area contributed by atoms with Crippen molar-refractivity contribution in [2.75, 3.05) is 6.61 Å². The van der Waals surface area contributed by atoms with Crippen LogP contribution in [0.1, 0.15) is 26.3 Å². The summed E-state index contributed by atoms with van der Waals surface area (Å²) < 4.78 is 12.2. The molecule has 4 nitrogen and oxygen atoms in total. The highest BCUT2D eigenvalue weighted by Gasteiger charge is 2.20. The molecule has 0 spiro atoms. The number of halogens is 1. The van der Waals surface area contributed by atoms with Gasteiger partial charge in [0.2, 0.25) is 0 Å². The third-order valence-corrected chi connectivity index (χ3v) is 3.79. The van der Waals surface area contributed by atoms with E-state index in [4.69, 9.17) is 9.47 Å². The monoisotopic (exact) mass is 405 g/mol. The highest BCUT2D eigenvalue weighted by Crippen LogP contribution is 2.18. The predicted molar refractivity (Wildman–Crippen MR) is 103 cm³/mol. The van der Waals surface area contributed by atoms with E-state index in [0.717, 1.165) is 15.8 Å². The molecule has 0 fully saturated rings. The molecular formula is C20H24BrNO3. The zero-order valence-corrected chi connectivity index (χ0v) is 16.4. The molecule has 0 heterocycles. The van der Waals surface area contributed by atoms with E-state index >= 15 is 0 Å². The van der Waals surface area contributed by atoms with Gasteiger partial charge in [-0.15, -0.1) is 0 Å². The van der Waals surface area contributed by atoms with Crippen LogP contribution in [0.4, 0.5) is 4.79 Å². The molecule has 0 saturated carbocycles. The summed E-state index contributed by atoms with van der Waals surface area (Å²) in [4.78, 5) is 12.1. The molecule has 25 heavy (non-hydrogen) atoms. The van der Waals surface area contributed by atoms with Crippen LogP contribution in [0.15, 0.2) is 59.1 Å². The van der Waals surface area contributed by atoms with Gasteiger partial charge < -0.3 is 14.8 Å². The lowest BCUT2D eigenvalue weighted by atomic mass is 10.1. The molecule has 0 aliphatic heterocycles. The number of amides is 1. The lowest BCUT2D eigenvalue weighted by molar-refractivity contribution is 0.0488. The first kappa shape index (κ1) is 19.3. The molecule has 0 aliphatic rings. The molecule has 0 unspecified atom stereocenters. The highest BCUT2D eigenvalue weighted by atomic mass is 79.9. The van der Waals surface area contributed by atoms with Crippen LogP contribution >= 0.6 is 15.9 Å². The zero-order chi connectivity index (χ0) is 18.3. The first-order valence-corrected chi connectivity index (χ1v) is 9.03. The van der Waals surface area contributed by atoms with E-state index < -0.39 is 11.7 Å². The van der Waals surface area contributed by atoms with Gasteiger partial charge in [-0.25, -0.2) is 4.79 Å². The number of alkyl carbamates (subject to hydrolysis) is 1. The molecule has 1 amide bonds. The fourth-order valence-electron chi connectivity index (χ4n) is 2.28. The highest BCUT2D eigenvalue weighted by molar-refractivity contribution is 9.10. The lowest BCUT2D eigenvalue weighted by Gasteiger charge is -2.24. The van der Waals surface area contributed by atoms with Gasteiger partial charge in [-0.3, -0.25) is 0 Å². The first-order chi connectivity index (χ1) is 11.8. The van der Waals surface area contributed by atoms with Gasteiger partial charge in [-0.2, -0.15) is 0 Å². The summed E-state index contributed by atoms with van der Waals surface area (Å²) in [5.41, 5.74) is 0.591. The maximum atomic E-state index is 12.1. The summed E-state index contributed by atoms with van der Waals surface area (Å²) >= 11 is 3.43. The molecule has 5 heteroatoms. The van der Waals surface area contributed by atoms with E-state index in [-0.39, 0.29) is 6.04 Å². The van der Waals surface area contributed by atoms with Crippen LogP contribution in [0, 0.1) is 0 Å². The standard InChI is InChI=1S/C20H24BrNO3/c1-20(2,3)25-19(23)22-17(12-15-8-5-4-6-9-15)14-24-18-11-7-10-16(21)13-18/h4-11,13,17H,12,14H2,1-3H3,(H,22,23)/t17-/m1/s1. The number of hydrogen-bond donors (Lipinski definition) is 1. The van der Waals surface area contributed by atoms with Crippen LogP contribution < -0.4 is 10.1 Å². The van der Waals surface area contributed by atoms with Crippen LogP contribution in [0.2, 0.25) is 0 Å². The Kier molecular flexibility index (Phi) is 6.88. The molecule has 0 aromatic heterocycles. The molecule has 1 N–H and O–H groups in total. The fraction of sp³-hybridized carbons (Fsp3) is 0.350. The van der Waals surface area contributed by atoms with Gasteiger partial charge in [0.05, 0.1) is 6.04 Å². The fourth-order valence-corrected chi connectivity index (χ4v) is 2.66. The smallest absolute Gasteiger partial charge is 0.408 e. The Balaban J connectivity index is 2.01. The number of carbonyl (C=O) groups is 1. The van der Waals surface area contributed by atoms with Gasteiger partial charge in [-0.1, -0.05) is 52.3 Å². The van der Waals surface area contributed by atoms with E-state index in [1.165, 1.54) is 0 Å². The van der Waals surface area contributed by atoms with Gasteiger partial charge >= 0.3 is 6.09 Å². The quantitative estimate of drug-likeness (QED) is 0.738. The van der Waals surface area contributed by atoms with E-state index in [0.29, 0.717) is 13.0 Å². The number of ether oxygens (including phenoxy) is 2. The first-order valence-electron chi connectivity index (χ1n) is 8.23. The normalized spacial score (nSPS) is 12.3. The van der Waals surface area contributed by atoms with Gasteiger partial charge in [0.1, 0.15) is 18.0 Å². The van der Waals surface area contributed by atoms with E-state index in [9.17, 15) is 4.79 Å². The summed E-state index contributed by atoms with van der Waals surface area (Å²) in [6.07, 6.45) is 0.222. The van der Waals surface area contributed by atoms with Crippen LogP contribution in [0.3, 0.4) is 0 Å². The second-order valence-corrected chi connectivity index (χ2v) is 7.72. The van der Waals surface area contributed by atoms with Crippen molar-refractivity contribution >= 4 is 22.0 Å². The Hall–Kier alpha value is -2.01. The average molecular weight is 406 g/mol. The summed E-state index contributed by atoms with van der Waals surface area (Å²) in [6.45, 7) is 5.88. The zero-order valence-electron chi connectivity index (χ0n) is 14.8. The molecule has 0 saturated heterocycles. The van der Waals surface area contributed by atoms with Crippen molar-refractivity contribution in [3.63, 3.8) is 0 Å². The minimum Gasteiger partial charge on any atom is -0.491 e. The SMILES string of the molecule is CC(C)(C)OC(=O)N[C@@H](COc1cccc(Br)c1)Cc1ccccc1. The third-order valence-electron chi connectivity index (χ3n) is 3.29. The van der Waals surface area contributed by atoms with Crippen LogP contribution in [-0.4, -0.2) is 24.3 Å². The molecule has 2 rings (SSSR count). The Bertz CT molecular complexity index is 683. The summed E-state index contributed by atoms with van der Waals surface area (Å²) in [5.74, 6) is 0.749. The Morgan fingerprint density at radius 1 is 1.12 bits per heavy atom. The number of nitrogens with one attached hydrogen (secondary N) is 1. The van der Waals surface area contributed by atoms with Gasteiger partial charge in [-0.05, 0) is 51.0 Å². The minimum atomic E-state index is -0.535. The minimum absolute atomic E-state index is 0.198. The average Bonchev–Trinajstić information content (AvgIpc) is 2.52. The number of hydrogen-bond acceptors (Lipinski definition) is 3. The number of rotatable bonds is 6. The van der Waals surface area contributed by atoms with Crippen molar-refractivity contribution in [3.05, 3.63) is 64.6 Å². The summed E-state index contributed by atoms with van der Waals surface area (Å²) in [7, 11) is 0. The predicted octanol–water partition coefficient (Wildman–Crippen LogP) is 4.96. The molecule has 1 atom stereocenters. The van der Waals surface area contributed by atoms with Crippen molar-refractivity contribution in [1.29, 1.82) is 0 Å². The van der Waals surface area contributed by atoms with Crippen molar-refractivity contribution in [2.24, 2.45) is 0 Å². The van der Waals surface area contributed by atoms with Crippen molar-refractivity contribution in [3.8, 4) is 5.75 Å². The number of benzene rings is 2. The second kappa shape index (κ2) is 8.90. The summed E-state index contributed by atoms with van der Waals surface area (Å²) in [6, 6.07) is 17.4. The summed E-state index contributed by atoms with van der Waals surface area (Å²) in [5, 5.41) is 2.91. The van der Waals surface area contributed by atoms with Crippen molar-refractivity contribution < 1.29 is 14.3 Å². The molecule has 134 valence electrons. The molecule has 0 bridgehead atoms. The molecule has 0 radical (unpaired) electrons. The molecule has 2 aromatic rings. The van der Waals surface area contributed by atoms with Crippen LogP contribution in [-0.2, 0) is 11.2 Å². The Morgan fingerprint density at radius 2 is 1.84 bits per heavy atom. The van der Waals surface area contributed by atoms with E-state index in [1.54, 1.807) is 0 Å². The lowest BCUT2D eigenvalue weighted by Crippen LogP contribution is -2.43. The molecule has 2 aromatic carbocycles.